The third kappa shape index (κ3) is 4.01. The molecule has 0 saturated carbocycles. The molecule has 0 N–H and O–H groups in total. The summed E-state index contributed by atoms with van der Waals surface area (Å²) >= 11 is 0. The summed E-state index contributed by atoms with van der Waals surface area (Å²) in [5.41, 5.74) is 10.5. The van der Waals surface area contributed by atoms with Gasteiger partial charge < -0.3 is 0 Å². The summed E-state index contributed by atoms with van der Waals surface area (Å²) in [6.07, 6.45) is 9.25. The first-order valence-electron chi connectivity index (χ1n) is 13.4. The van der Waals surface area contributed by atoms with Crippen molar-refractivity contribution in [2.24, 2.45) is 0 Å². The predicted molar refractivity (Wildman–Crippen MR) is 163 cm³/mol. The molecule has 6 nitrogen and oxygen atoms in total. The maximum Gasteiger partial charge on any atom is 0.165 e. The minimum Gasteiger partial charge on any atom is -0.284 e. The molecule has 0 aliphatic rings. The van der Waals surface area contributed by atoms with Gasteiger partial charge in [0.25, 0.3) is 0 Å². The molecule has 0 amide bonds. The Labute approximate surface area is 235 Å². The van der Waals surface area contributed by atoms with Gasteiger partial charge in [0.15, 0.2) is 5.65 Å². The van der Waals surface area contributed by atoms with E-state index in [0.717, 1.165) is 72.5 Å². The lowest BCUT2D eigenvalue weighted by molar-refractivity contribution is 1.19. The fourth-order valence-corrected chi connectivity index (χ4v) is 5.39. The lowest BCUT2D eigenvalue weighted by atomic mass is 9.98. The van der Waals surface area contributed by atoms with Crippen LogP contribution in [-0.4, -0.2) is 29.3 Å². The predicted octanol–water partition coefficient (Wildman–Crippen LogP) is 7.89. The molecule has 0 aliphatic heterocycles. The first kappa shape index (κ1) is 23.2. The van der Waals surface area contributed by atoms with E-state index in [1.165, 1.54) is 0 Å². The van der Waals surface area contributed by atoms with Crippen molar-refractivity contribution in [3.63, 3.8) is 0 Å². The largest absolute Gasteiger partial charge is 0.284 e. The van der Waals surface area contributed by atoms with Crippen LogP contribution in [0.4, 0.5) is 0 Å². The quantitative estimate of drug-likeness (QED) is 0.233. The summed E-state index contributed by atoms with van der Waals surface area (Å²) in [5.74, 6) is 0. The highest BCUT2D eigenvalue weighted by Gasteiger charge is 2.15. The Bertz CT molecular complexity index is 2130. The van der Waals surface area contributed by atoms with Crippen LogP contribution in [0.3, 0.4) is 0 Å². The van der Waals surface area contributed by atoms with Crippen molar-refractivity contribution < 1.29 is 0 Å². The van der Waals surface area contributed by atoms with Crippen LogP contribution in [0.2, 0.25) is 0 Å². The molecule has 0 atom stereocenters. The van der Waals surface area contributed by atoms with Crippen LogP contribution in [0, 0.1) is 0 Å². The number of imidazole rings is 1. The van der Waals surface area contributed by atoms with Crippen molar-refractivity contribution in [3.05, 3.63) is 134 Å². The minimum absolute atomic E-state index is 0.856. The van der Waals surface area contributed by atoms with Gasteiger partial charge in [-0.15, -0.1) is 0 Å². The fraction of sp³-hybridized carbons (Fsp3) is 0. The van der Waals surface area contributed by atoms with E-state index < -0.39 is 0 Å². The topological polar surface area (TPSA) is 68.9 Å². The standard InChI is InChI=1S/C35H22N6/c1-2-10-29-28(9-1)33(40-35-34(29)39-32-11-3-4-18-41(32)35)24-14-12-23(13-15-24)27-19-30(25-7-5-16-36-21-25)38-31(20-27)26-8-6-17-37-22-26/h1-22H. The van der Waals surface area contributed by atoms with Gasteiger partial charge in [0, 0.05) is 58.4 Å². The van der Waals surface area contributed by atoms with Crippen molar-refractivity contribution in [2.75, 3.05) is 0 Å². The zero-order valence-corrected chi connectivity index (χ0v) is 21.9. The van der Waals surface area contributed by atoms with Gasteiger partial charge in [-0.3, -0.25) is 14.4 Å². The number of aromatic nitrogens is 6. The van der Waals surface area contributed by atoms with E-state index in [-0.39, 0.29) is 0 Å². The molecule has 0 bridgehead atoms. The van der Waals surface area contributed by atoms with Crippen molar-refractivity contribution in [3.8, 4) is 44.9 Å². The van der Waals surface area contributed by atoms with Crippen molar-refractivity contribution in [1.82, 2.24) is 29.3 Å². The number of benzene rings is 2. The normalized spacial score (nSPS) is 11.4. The Hall–Kier alpha value is -5.75. The highest BCUT2D eigenvalue weighted by Crippen LogP contribution is 2.35. The molecule has 0 unspecified atom stereocenters. The molecule has 2 aromatic carbocycles. The summed E-state index contributed by atoms with van der Waals surface area (Å²) < 4.78 is 2.05. The molecule has 8 rings (SSSR count). The molecule has 0 aliphatic carbocycles. The molecule has 6 aromatic heterocycles. The number of rotatable bonds is 4. The smallest absolute Gasteiger partial charge is 0.165 e. The monoisotopic (exact) mass is 526 g/mol. The van der Waals surface area contributed by atoms with Gasteiger partial charge in [-0.25, -0.2) is 15.0 Å². The average molecular weight is 527 g/mol. The van der Waals surface area contributed by atoms with Crippen LogP contribution < -0.4 is 0 Å². The molecule has 192 valence electrons. The number of nitrogens with zero attached hydrogens (tertiary/aromatic N) is 6. The van der Waals surface area contributed by atoms with Crippen LogP contribution in [0.1, 0.15) is 0 Å². The molecule has 41 heavy (non-hydrogen) atoms. The van der Waals surface area contributed by atoms with Crippen LogP contribution in [0.5, 0.6) is 0 Å². The molecule has 6 heterocycles. The van der Waals surface area contributed by atoms with Crippen LogP contribution >= 0.6 is 0 Å². The Morgan fingerprint density at radius 2 is 1.15 bits per heavy atom. The molecule has 8 aromatic rings. The first-order valence-corrected chi connectivity index (χ1v) is 13.4. The second kappa shape index (κ2) is 9.47. The van der Waals surface area contributed by atoms with Gasteiger partial charge in [0.05, 0.1) is 17.1 Å². The Morgan fingerprint density at radius 3 is 1.83 bits per heavy atom. The number of pyridine rings is 5. The zero-order valence-electron chi connectivity index (χ0n) is 21.9. The summed E-state index contributed by atoms with van der Waals surface area (Å²) in [7, 11) is 0. The zero-order chi connectivity index (χ0) is 27.2. The number of hydrogen-bond acceptors (Lipinski definition) is 5. The van der Waals surface area contributed by atoms with E-state index in [2.05, 4.69) is 75.0 Å². The molecule has 6 heteroatoms. The second-order valence-corrected chi connectivity index (χ2v) is 9.91. The Morgan fingerprint density at radius 1 is 0.488 bits per heavy atom. The lowest BCUT2D eigenvalue weighted by Gasteiger charge is -2.11. The SMILES string of the molecule is c1cncc(-c2cc(-c3ccc(-c4nc5c(nc6ccccn65)c5ccccc45)cc3)cc(-c3cccnc3)n2)c1. The van der Waals surface area contributed by atoms with E-state index in [0.29, 0.717) is 0 Å². The highest BCUT2D eigenvalue weighted by molar-refractivity contribution is 6.09. The third-order valence-electron chi connectivity index (χ3n) is 7.39. The van der Waals surface area contributed by atoms with Gasteiger partial charge in [-0.05, 0) is 59.7 Å². The Balaban J connectivity index is 1.27. The molecule has 0 radical (unpaired) electrons. The maximum absolute atomic E-state index is 5.15. The molecule has 0 saturated heterocycles. The van der Waals surface area contributed by atoms with E-state index >= 15 is 0 Å². The highest BCUT2D eigenvalue weighted by atomic mass is 15.1. The van der Waals surface area contributed by atoms with Gasteiger partial charge in [-0.2, -0.15) is 0 Å². The third-order valence-corrected chi connectivity index (χ3v) is 7.39. The fourth-order valence-electron chi connectivity index (χ4n) is 5.39. The number of fused-ring (bicyclic) bond motifs is 5. The summed E-state index contributed by atoms with van der Waals surface area (Å²) in [5, 5.41) is 2.18. The average Bonchev–Trinajstić information content (AvgIpc) is 3.44. The summed E-state index contributed by atoms with van der Waals surface area (Å²) in [6.45, 7) is 0. The van der Waals surface area contributed by atoms with E-state index in [1.807, 2.05) is 61.1 Å². The maximum atomic E-state index is 5.15. The van der Waals surface area contributed by atoms with Gasteiger partial charge in [0.2, 0.25) is 0 Å². The summed E-state index contributed by atoms with van der Waals surface area (Å²) in [6, 6.07) is 35.1. The minimum atomic E-state index is 0.856. The van der Waals surface area contributed by atoms with E-state index in [4.69, 9.17) is 15.0 Å². The molecule has 0 spiro atoms. The van der Waals surface area contributed by atoms with E-state index in [1.54, 1.807) is 12.4 Å². The Kier molecular flexibility index (Phi) is 5.35. The molecule has 0 fully saturated rings. The molecular formula is C35H22N6. The van der Waals surface area contributed by atoms with Gasteiger partial charge >= 0.3 is 0 Å². The lowest BCUT2D eigenvalue weighted by Crippen LogP contribution is -1.93. The molecular weight excluding hydrogens is 504 g/mol. The second-order valence-electron chi connectivity index (χ2n) is 9.91. The van der Waals surface area contributed by atoms with E-state index in [9.17, 15) is 0 Å². The number of hydrogen-bond donors (Lipinski definition) is 0. The van der Waals surface area contributed by atoms with Gasteiger partial charge in [0.1, 0.15) is 11.2 Å². The van der Waals surface area contributed by atoms with Crippen LogP contribution in [-0.2, 0) is 0 Å². The van der Waals surface area contributed by atoms with Crippen molar-refractivity contribution in [1.29, 1.82) is 0 Å². The van der Waals surface area contributed by atoms with Crippen molar-refractivity contribution >= 4 is 27.6 Å². The summed E-state index contributed by atoms with van der Waals surface area (Å²) in [4.78, 5) is 23.6. The van der Waals surface area contributed by atoms with Crippen molar-refractivity contribution in [2.45, 2.75) is 0 Å². The van der Waals surface area contributed by atoms with Gasteiger partial charge in [-0.1, -0.05) is 54.6 Å². The van der Waals surface area contributed by atoms with Crippen LogP contribution in [0.25, 0.3) is 72.5 Å². The van der Waals surface area contributed by atoms with Crippen LogP contribution in [0.15, 0.2) is 134 Å². The first-order chi connectivity index (χ1) is 20.3.